The summed E-state index contributed by atoms with van der Waals surface area (Å²) in [5.41, 5.74) is 0.284. The molecule has 0 unspecified atom stereocenters. The summed E-state index contributed by atoms with van der Waals surface area (Å²) < 4.78 is 26.7. The van der Waals surface area contributed by atoms with E-state index in [0.717, 1.165) is 0 Å². The SMILES string of the molecule is N#Cc1ccc(S(=O)(=O)N2CCN(c3ncccc3[N+](=O)[O-])CC2)cc1. The van der Waals surface area contributed by atoms with Crippen LogP contribution in [0.15, 0.2) is 47.5 Å². The van der Waals surface area contributed by atoms with Gasteiger partial charge in [-0.25, -0.2) is 13.4 Å². The van der Waals surface area contributed by atoms with Crippen molar-refractivity contribution in [1.82, 2.24) is 9.29 Å². The van der Waals surface area contributed by atoms with Crippen LogP contribution in [0.3, 0.4) is 0 Å². The predicted octanol–water partition coefficient (Wildman–Crippen LogP) is 1.37. The Hall–Kier alpha value is -3.03. The van der Waals surface area contributed by atoms with Gasteiger partial charge in [-0.05, 0) is 30.3 Å². The molecule has 0 atom stereocenters. The van der Waals surface area contributed by atoms with Crippen molar-refractivity contribution in [3.8, 4) is 6.07 Å². The van der Waals surface area contributed by atoms with Gasteiger partial charge in [0.15, 0.2) is 0 Å². The third-order valence-electron chi connectivity index (χ3n) is 4.12. The van der Waals surface area contributed by atoms with Crippen LogP contribution in [-0.4, -0.2) is 48.8 Å². The molecule has 0 N–H and O–H groups in total. The highest BCUT2D eigenvalue weighted by atomic mass is 32.2. The molecular weight excluding hydrogens is 358 g/mol. The number of pyridine rings is 1. The molecule has 2 heterocycles. The molecule has 0 aliphatic carbocycles. The molecule has 1 aromatic heterocycles. The van der Waals surface area contributed by atoms with E-state index in [1.165, 1.54) is 46.9 Å². The van der Waals surface area contributed by atoms with E-state index in [9.17, 15) is 18.5 Å². The van der Waals surface area contributed by atoms with Gasteiger partial charge >= 0.3 is 5.69 Å². The Bertz CT molecular complexity index is 961. The largest absolute Gasteiger partial charge is 0.348 e. The highest BCUT2D eigenvalue weighted by Crippen LogP contribution is 2.27. The zero-order valence-electron chi connectivity index (χ0n) is 13.6. The minimum absolute atomic E-state index is 0.101. The van der Waals surface area contributed by atoms with E-state index in [2.05, 4.69) is 4.98 Å². The van der Waals surface area contributed by atoms with Gasteiger partial charge in [-0.3, -0.25) is 10.1 Å². The third-order valence-corrected chi connectivity index (χ3v) is 6.04. The highest BCUT2D eigenvalue weighted by Gasteiger charge is 2.31. The fourth-order valence-electron chi connectivity index (χ4n) is 2.77. The molecule has 2 aromatic rings. The summed E-state index contributed by atoms with van der Waals surface area (Å²) >= 11 is 0. The van der Waals surface area contributed by atoms with Gasteiger partial charge in [-0.15, -0.1) is 0 Å². The fraction of sp³-hybridized carbons (Fsp3) is 0.250. The smallest absolute Gasteiger partial charge is 0.311 e. The van der Waals surface area contributed by atoms with Crippen molar-refractivity contribution in [1.29, 1.82) is 5.26 Å². The van der Waals surface area contributed by atoms with Gasteiger partial charge in [-0.1, -0.05) is 0 Å². The Morgan fingerprint density at radius 3 is 2.35 bits per heavy atom. The summed E-state index contributed by atoms with van der Waals surface area (Å²) in [4.78, 5) is 16.5. The molecule has 1 aromatic carbocycles. The summed E-state index contributed by atoms with van der Waals surface area (Å²) in [6, 6.07) is 10.5. The molecule has 0 amide bonds. The maximum Gasteiger partial charge on any atom is 0.311 e. The number of piperazine rings is 1. The first kappa shape index (κ1) is 17.8. The van der Waals surface area contributed by atoms with Crippen LogP contribution in [0, 0.1) is 21.4 Å². The van der Waals surface area contributed by atoms with Gasteiger partial charge < -0.3 is 4.90 Å². The van der Waals surface area contributed by atoms with Gasteiger partial charge in [0.1, 0.15) is 0 Å². The molecule has 1 fully saturated rings. The fourth-order valence-corrected chi connectivity index (χ4v) is 4.19. The maximum atomic E-state index is 12.7. The van der Waals surface area contributed by atoms with Gasteiger partial charge in [0.2, 0.25) is 15.8 Å². The van der Waals surface area contributed by atoms with Crippen molar-refractivity contribution in [2.24, 2.45) is 0 Å². The molecule has 0 radical (unpaired) electrons. The molecule has 26 heavy (non-hydrogen) atoms. The van der Waals surface area contributed by atoms with Crippen molar-refractivity contribution < 1.29 is 13.3 Å². The third kappa shape index (κ3) is 3.35. The summed E-state index contributed by atoms with van der Waals surface area (Å²) in [7, 11) is -3.68. The number of hydrogen-bond donors (Lipinski definition) is 0. The van der Waals surface area contributed by atoms with E-state index < -0.39 is 14.9 Å². The maximum absolute atomic E-state index is 12.7. The number of nitrogens with zero attached hydrogens (tertiary/aromatic N) is 5. The average Bonchev–Trinajstić information content (AvgIpc) is 2.68. The van der Waals surface area contributed by atoms with Crippen molar-refractivity contribution >= 4 is 21.5 Å². The number of hydrogen-bond acceptors (Lipinski definition) is 7. The standard InChI is InChI=1S/C16H15N5O4S/c17-12-13-3-5-14(6-4-13)26(24,25)20-10-8-19(9-11-20)16-15(21(22)23)2-1-7-18-16/h1-7H,8-11H2. The molecule has 3 rings (SSSR count). The second-order valence-electron chi connectivity index (χ2n) is 5.63. The van der Waals surface area contributed by atoms with E-state index in [1.54, 1.807) is 4.90 Å². The second-order valence-corrected chi connectivity index (χ2v) is 7.57. The monoisotopic (exact) mass is 373 g/mol. The quantitative estimate of drug-likeness (QED) is 0.586. The van der Waals surface area contributed by atoms with Crippen LogP contribution < -0.4 is 4.90 Å². The molecule has 0 bridgehead atoms. The van der Waals surface area contributed by atoms with Crippen LogP contribution in [0.5, 0.6) is 0 Å². The zero-order chi connectivity index (χ0) is 18.7. The lowest BCUT2D eigenvalue weighted by Crippen LogP contribution is -2.49. The first-order chi connectivity index (χ1) is 12.4. The number of benzene rings is 1. The van der Waals surface area contributed by atoms with Crippen LogP contribution in [0.25, 0.3) is 0 Å². The topological polar surface area (TPSA) is 120 Å². The zero-order valence-corrected chi connectivity index (χ0v) is 14.5. The van der Waals surface area contributed by atoms with Gasteiger partial charge in [0.25, 0.3) is 0 Å². The number of aromatic nitrogens is 1. The minimum Gasteiger partial charge on any atom is -0.348 e. The molecule has 9 nitrogen and oxygen atoms in total. The molecule has 1 saturated heterocycles. The first-order valence-corrected chi connectivity index (χ1v) is 9.22. The Morgan fingerprint density at radius 1 is 1.12 bits per heavy atom. The Balaban J connectivity index is 1.76. The van der Waals surface area contributed by atoms with Crippen molar-refractivity contribution in [3.05, 3.63) is 58.3 Å². The predicted molar refractivity (Wildman–Crippen MR) is 93.0 cm³/mol. The lowest BCUT2D eigenvalue weighted by molar-refractivity contribution is -0.384. The van der Waals surface area contributed by atoms with E-state index in [-0.39, 0.29) is 29.5 Å². The molecule has 10 heteroatoms. The van der Waals surface area contributed by atoms with Crippen LogP contribution in [0.4, 0.5) is 11.5 Å². The van der Waals surface area contributed by atoms with Crippen molar-refractivity contribution in [2.45, 2.75) is 4.90 Å². The van der Waals surface area contributed by atoms with Gasteiger partial charge in [-0.2, -0.15) is 9.57 Å². The first-order valence-electron chi connectivity index (χ1n) is 7.78. The Morgan fingerprint density at radius 2 is 1.77 bits per heavy atom. The number of anilines is 1. The normalized spacial score (nSPS) is 15.4. The molecule has 1 aliphatic heterocycles. The van der Waals surface area contributed by atoms with E-state index in [4.69, 9.17) is 5.26 Å². The summed E-state index contributed by atoms with van der Waals surface area (Å²) in [5, 5.41) is 19.9. The van der Waals surface area contributed by atoms with E-state index in [0.29, 0.717) is 18.7 Å². The minimum atomic E-state index is -3.68. The van der Waals surface area contributed by atoms with Crippen LogP contribution in [0.1, 0.15) is 5.56 Å². The number of rotatable bonds is 4. The molecule has 134 valence electrons. The molecule has 0 saturated carbocycles. The summed E-state index contributed by atoms with van der Waals surface area (Å²) in [6.07, 6.45) is 1.47. The van der Waals surface area contributed by atoms with Crippen LogP contribution in [0.2, 0.25) is 0 Å². The average molecular weight is 373 g/mol. The summed E-state index contributed by atoms with van der Waals surface area (Å²) in [6.45, 7) is 0.979. The van der Waals surface area contributed by atoms with Crippen LogP contribution in [-0.2, 0) is 10.0 Å². The van der Waals surface area contributed by atoms with Gasteiger partial charge in [0.05, 0.1) is 21.5 Å². The lowest BCUT2D eigenvalue weighted by atomic mass is 10.2. The van der Waals surface area contributed by atoms with Crippen molar-refractivity contribution in [2.75, 3.05) is 31.1 Å². The van der Waals surface area contributed by atoms with E-state index in [1.807, 2.05) is 6.07 Å². The number of nitro groups is 1. The Labute approximate surface area is 150 Å². The lowest BCUT2D eigenvalue weighted by Gasteiger charge is -2.34. The van der Waals surface area contributed by atoms with E-state index >= 15 is 0 Å². The van der Waals surface area contributed by atoms with Gasteiger partial charge in [0, 0.05) is 38.4 Å². The number of sulfonamides is 1. The molecule has 0 spiro atoms. The van der Waals surface area contributed by atoms with Crippen molar-refractivity contribution in [3.63, 3.8) is 0 Å². The number of nitriles is 1. The highest BCUT2D eigenvalue weighted by molar-refractivity contribution is 7.89. The Kier molecular flexibility index (Phi) is 4.83. The second kappa shape index (κ2) is 7.07. The van der Waals surface area contributed by atoms with Crippen LogP contribution >= 0.6 is 0 Å². The molecular formula is C16H15N5O4S. The summed E-state index contributed by atoms with van der Waals surface area (Å²) in [5.74, 6) is 0.243. The molecule has 1 aliphatic rings.